The molecule has 1 heterocycles. The van der Waals surface area contributed by atoms with Crippen LogP contribution in [-0.4, -0.2) is 36.5 Å². The molecule has 2 rings (SSSR count). The predicted octanol–water partition coefficient (Wildman–Crippen LogP) is 3.37. The van der Waals surface area contributed by atoms with Crippen molar-refractivity contribution >= 4 is 18.3 Å². The first-order chi connectivity index (χ1) is 9.31. The van der Waals surface area contributed by atoms with Gasteiger partial charge < -0.3 is 10.2 Å². The summed E-state index contributed by atoms with van der Waals surface area (Å²) in [6.45, 7) is 5.18. The van der Waals surface area contributed by atoms with E-state index in [1.165, 1.54) is 38.5 Å². The summed E-state index contributed by atoms with van der Waals surface area (Å²) < 4.78 is 0. The number of nitrogens with one attached hydrogen (secondary N) is 1. The molecule has 0 aromatic rings. The Bertz CT molecular complexity index is 272. The first kappa shape index (κ1) is 17.8. The second kappa shape index (κ2) is 9.62. The average molecular weight is 303 g/mol. The normalized spacial score (nSPS) is 23.9. The fourth-order valence-electron chi connectivity index (χ4n) is 3.59. The van der Waals surface area contributed by atoms with Crippen LogP contribution in [0.2, 0.25) is 0 Å². The van der Waals surface area contributed by atoms with Crippen LogP contribution in [0.5, 0.6) is 0 Å². The number of amides is 1. The lowest BCUT2D eigenvalue weighted by molar-refractivity contribution is -0.134. The Morgan fingerprint density at radius 2 is 1.85 bits per heavy atom. The van der Waals surface area contributed by atoms with Crippen LogP contribution in [0.4, 0.5) is 0 Å². The summed E-state index contributed by atoms with van der Waals surface area (Å²) >= 11 is 0. The van der Waals surface area contributed by atoms with Crippen molar-refractivity contribution in [1.82, 2.24) is 10.2 Å². The summed E-state index contributed by atoms with van der Waals surface area (Å²) in [5, 5.41) is 3.39. The summed E-state index contributed by atoms with van der Waals surface area (Å²) in [6.07, 6.45) is 11.0. The number of hydrogen-bond acceptors (Lipinski definition) is 2. The van der Waals surface area contributed by atoms with Gasteiger partial charge in [0.2, 0.25) is 5.91 Å². The van der Waals surface area contributed by atoms with Gasteiger partial charge in [-0.15, -0.1) is 12.4 Å². The number of carbonyl (C=O) groups excluding carboxylic acids is 1. The van der Waals surface area contributed by atoms with Crippen LogP contribution in [-0.2, 0) is 4.79 Å². The fourth-order valence-corrected chi connectivity index (χ4v) is 3.59. The first-order valence-electron chi connectivity index (χ1n) is 8.31. The third-order valence-corrected chi connectivity index (χ3v) is 4.70. The molecule has 3 nitrogen and oxygen atoms in total. The minimum atomic E-state index is 0. The molecule has 1 N–H and O–H groups in total. The SMILES string of the molecule is CCCN(C(=O)CC1CCCCCC1)C1CCNC1.Cl. The van der Waals surface area contributed by atoms with Crippen molar-refractivity contribution in [1.29, 1.82) is 0 Å². The van der Waals surface area contributed by atoms with E-state index in [9.17, 15) is 4.79 Å². The van der Waals surface area contributed by atoms with Crippen LogP contribution in [0.1, 0.15) is 64.7 Å². The Morgan fingerprint density at radius 1 is 1.15 bits per heavy atom. The Balaban J connectivity index is 0.00000200. The molecule has 0 radical (unpaired) electrons. The molecule has 20 heavy (non-hydrogen) atoms. The Morgan fingerprint density at radius 3 is 2.40 bits per heavy atom. The van der Waals surface area contributed by atoms with Gasteiger partial charge in [0.1, 0.15) is 0 Å². The smallest absolute Gasteiger partial charge is 0.223 e. The molecule has 1 unspecified atom stereocenters. The van der Waals surface area contributed by atoms with Gasteiger partial charge in [-0.3, -0.25) is 4.79 Å². The maximum Gasteiger partial charge on any atom is 0.223 e. The Kier molecular flexibility index (Phi) is 8.55. The zero-order valence-corrected chi connectivity index (χ0v) is 13.7. The van der Waals surface area contributed by atoms with Gasteiger partial charge in [-0.1, -0.05) is 32.6 Å². The van der Waals surface area contributed by atoms with Crippen molar-refractivity contribution in [2.75, 3.05) is 19.6 Å². The number of halogens is 1. The maximum atomic E-state index is 12.6. The van der Waals surface area contributed by atoms with Crippen molar-refractivity contribution in [2.45, 2.75) is 70.8 Å². The largest absolute Gasteiger partial charge is 0.338 e. The molecule has 0 bridgehead atoms. The Labute approximate surface area is 130 Å². The molecule has 0 aromatic carbocycles. The van der Waals surface area contributed by atoms with E-state index in [0.29, 0.717) is 17.9 Å². The molecule has 1 saturated carbocycles. The molecular formula is C16H31ClN2O. The van der Waals surface area contributed by atoms with E-state index in [4.69, 9.17) is 0 Å². The van der Waals surface area contributed by atoms with Gasteiger partial charge >= 0.3 is 0 Å². The summed E-state index contributed by atoms with van der Waals surface area (Å²) in [7, 11) is 0. The maximum absolute atomic E-state index is 12.6. The molecule has 2 aliphatic rings. The fraction of sp³-hybridized carbons (Fsp3) is 0.938. The highest BCUT2D eigenvalue weighted by molar-refractivity contribution is 5.85. The standard InChI is InChI=1S/C16H30N2O.ClH/c1-2-11-18(15-9-10-17-13-15)16(19)12-14-7-5-3-4-6-8-14;/h14-15,17H,2-13H2,1H3;1H. The van der Waals surface area contributed by atoms with Crippen LogP contribution in [0.15, 0.2) is 0 Å². The molecule has 2 fully saturated rings. The lowest BCUT2D eigenvalue weighted by Gasteiger charge is -2.29. The molecule has 118 valence electrons. The predicted molar refractivity (Wildman–Crippen MR) is 86.3 cm³/mol. The van der Waals surface area contributed by atoms with E-state index in [-0.39, 0.29) is 12.4 Å². The van der Waals surface area contributed by atoms with Gasteiger partial charge in [0, 0.05) is 25.6 Å². The van der Waals surface area contributed by atoms with Crippen molar-refractivity contribution in [3.63, 3.8) is 0 Å². The number of hydrogen-bond donors (Lipinski definition) is 1. The van der Waals surface area contributed by atoms with Gasteiger partial charge in [-0.2, -0.15) is 0 Å². The van der Waals surface area contributed by atoms with Crippen LogP contribution < -0.4 is 5.32 Å². The number of nitrogens with zero attached hydrogens (tertiary/aromatic N) is 1. The van der Waals surface area contributed by atoms with E-state index in [0.717, 1.165) is 38.9 Å². The van der Waals surface area contributed by atoms with Gasteiger partial charge in [0.05, 0.1) is 0 Å². The highest BCUT2D eigenvalue weighted by atomic mass is 35.5. The zero-order chi connectivity index (χ0) is 13.5. The molecule has 1 aliphatic carbocycles. The lowest BCUT2D eigenvalue weighted by Crippen LogP contribution is -2.42. The molecule has 0 spiro atoms. The Hall–Kier alpha value is -0.280. The van der Waals surface area contributed by atoms with Crippen LogP contribution in [0.3, 0.4) is 0 Å². The third kappa shape index (κ3) is 5.25. The van der Waals surface area contributed by atoms with Crippen molar-refractivity contribution < 1.29 is 4.79 Å². The molecule has 1 atom stereocenters. The van der Waals surface area contributed by atoms with Gasteiger partial charge in [-0.25, -0.2) is 0 Å². The van der Waals surface area contributed by atoms with Gasteiger partial charge in [0.25, 0.3) is 0 Å². The highest BCUT2D eigenvalue weighted by Crippen LogP contribution is 2.26. The lowest BCUT2D eigenvalue weighted by atomic mass is 9.95. The van der Waals surface area contributed by atoms with Crippen molar-refractivity contribution in [3.05, 3.63) is 0 Å². The number of rotatable bonds is 5. The van der Waals surface area contributed by atoms with E-state index in [1.54, 1.807) is 0 Å². The van der Waals surface area contributed by atoms with Gasteiger partial charge in [-0.05, 0) is 38.1 Å². The second-order valence-electron chi connectivity index (χ2n) is 6.30. The molecule has 1 aliphatic heterocycles. The van der Waals surface area contributed by atoms with E-state index in [2.05, 4.69) is 17.1 Å². The molecule has 4 heteroatoms. The van der Waals surface area contributed by atoms with Gasteiger partial charge in [0.15, 0.2) is 0 Å². The molecule has 0 aromatic heterocycles. The van der Waals surface area contributed by atoms with E-state index < -0.39 is 0 Å². The highest BCUT2D eigenvalue weighted by Gasteiger charge is 2.27. The molecular weight excluding hydrogens is 272 g/mol. The monoisotopic (exact) mass is 302 g/mol. The molecule has 1 amide bonds. The van der Waals surface area contributed by atoms with Crippen molar-refractivity contribution in [2.24, 2.45) is 5.92 Å². The topological polar surface area (TPSA) is 32.3 Å². The zero-order valence-electron chi connectivity index (χ0n) is 12.9. The van der Waals surface area contributed by atoms with E-state index >= 15 is 0 Å². The summed E-state index contributed by atoms with van der Waals surface area (Å²) in [6, 6.07) is 0.457. The van der Waals surface area contributed by atoms with Crippen LogP contribution in [0.25, 0.3) is 0 Å². The molecule has 1 saturated heterocycles. The summed E-state index contributed by atoms with van der Waals surface area (Å²) in [4.78, 5) is 14.8. The first-order valence-corrected chi connectivity index (χ1v) is 8.31. The van der Waals surface area contributed by atoms with Crippen LogP contribution in [0, 0.1) is 5.92 Å². The summed E-state index contributed by atoms with van der Waals surface area (Å²) in [5.74, 6) is 1.08. The second-order valence-corrected chi connectivity index (χ2v) is 6.30. The number of carbonyl (C=O) groups is 1. The quantitative estimate of drug-likeness (QED) is 0.790. The minimum absolute atomic E-state index is 0. The third-order valence-electron chi connectivity index (χ3n) is 4.70. The average Bonchev–Trinajstić information content (AvgIpc) is 2.81. The minimum Gasteiger partial charge on any atom is -0.338 e. The van der Waals surface area contributed by atoms with E-state index in [1.807, 2.05) is 0 Å². The van der Waals surface area contributed by atoms with Crippen molar-refractivity contribution in [3.8, 4) is 0 Å². The summed E-state index contributed by atoms with van der Waals surface area (Å²) in [5.41, 5.74) is 0. The van der Waals surface area contributed by atoms with Crippen LogP contribution >= 0.6 is 12.4 Å².